The Morgan fingerprint density at radius 3 is 2.48 bits per heavy atom. The molecule has 1 aliphatic rings. The van der Waals surface area contributed by atoms with Crippen LogP contribution in [0.25, 0.3) is 0 Å². The van der Waals surface area contributed by atoms with E-state index in [1.165, 1.54) is 18.9 Å². The Hall–Kier alpha value is -0.910. The summed E-state index contributed by atoms with van der Waals surface area (Å²) in [6.45, 7) is 0. The molecule has 2 rings (SSSR count). The average Bonchev–Trinajstić information content (AvgIpc) is 2.95. The van der Waals surface area contributed by atoms with Crippen molar-refractivity contribution in [3.05, 3.63) is 24.3 Å². The van der Waals surface area contributed by atoms with Crippen LogP contribution >= 0.6 is 23.5 Å². The van der Waals surface area contributed by atoms with Crippen LogP contribution in [0.1, 0.15) is 0 Å². The van der Waals surface area contributed by atoms with Gasteiger partial charge in [0.15, 0.2) is 0 Å². The molecule has 0 N–H and O–H groups in total. The molecule has 0 bridgehead atoms. The van der Waals surface area contributed by atoms with Crippen LogP contribution in [-0.4, -0.2) is 49.0 Å². The molecule has 0 unspecified atom stereocenters. The zero-order valence-corrected chi connectivity index (χ0v) is 14.2. The molecular formula is C12H12F3NO4S3. The van der Waals surface area contributed by atoms with Gasteiger partial charge in [0.25, 0.3) is 0 Å². The van der Waals surface area contributed by atoms with E-state index in [0.29, 0.717) is 0 Å². The van der Waals surface area contributed by atoms with Gasteiger partial charge in [-0.25, -0.2) is 8.42 Å². The molecule has 1 heterocycles. The lowest BCUT2D eigenvalue weighted by atomic mass is 10.3. The summed E-state index contributed by atoms with van der Waals surface area (Å²) in [6, 6.07) is 3.43. The fourth-order valence-corrected chi connectivity index (χ4v) is 5.60. The van der Waals surface area contributed by atoms with Crippen LogP contribution in [0.2, 0.25) is 0 Å². The summed E-state index contributed by atoms with van der Waals surface area (Å²) in [5.74, 6) is -0.308. The van der Waals surface area contributed by atoms with Crippen LogP contribution in [-0.2, 0) is 19.6 Å². The first-order valence-electron chi connectivity index (χ1n) is 6.18. The van der Waals surface area contributed by atoms with Gasteiger partial charge in [0.1, 0.15) is 6.04 Å². The topological polar surface area (TPSA) is 63.7 Å². The maximum atomic E-state index is 12.5. The molecule has 5 nitrogen and oxygen atoms in total. The first-order chi connectivity index (χ1) is 10.6. The van der Waals surface area contributed by atoms with Crippen LogP contribution in [0.4, 0.5) is 13.2 Å². The van der Waals surface area contributed by atoms with E-state index in [9.17, 15) is 26.4 Å². The highest BCUT2D eigenvalue weighted by Crippen LogP contribution is 2.37. The summed E-state index contributed by atoms with van der Waals surface area (Å²) < 4.78 is 67.5. The Balaban J connectivity index is 2.24. The van der Waals surface area contributed by atoms with E-state index in [2.05, 4.69) is 4.74 Å². The molecular weight excluding hydrogens is 375 g/mol. The predicted octanol–water partition coefficient (Wildman–Crippen LogP) is 2.54. The van der Waals surface area contributed by atoms with E-state index in [1.54, 1.807) is 0 Å². The van der Waals surface area contributed by atoms with Crippen molar-refractivity contribution in [3.8, 4) is 0 Å². The van der Waals surface area contributed by atoms with Crippen LogP contribution in [0.15, 0.2) is 34.1 Å². The molecule has 128 valence electrons. The lowest BCUT2D eigenvalue weighted by Gasteiger charge is -2.21. The van der Waals surface area contributed by atoms with Gasteiger partial charge in [-0.05, 0) is 36.0 Å². The maximum Gasteiger partial charge on any atom is 0.446 e. The number of methoxy groups -OCH3 is 1. The normalized spacial score (nSPS) is 19.7. The molecule has 0 spiro atoms. The Morgan fingerprint density at radius 1 is 1.35 bits per heavy atom. The molecule has 1 aliphatic heterocycles. The van der Waals surface area contributed by atoms with Crippen molar-refractivity contribution < 1.29 is 31.1 Å². The Labute approximate surface area is 139 Å². The van der Waals surface area contributed by atoms with Crippen molar-refractivity contribution in [1.29, 1.82) is 0 Å². The minimum atomic E-state index is -4.44. The van der Waals surface area contributed by atoms with Crippen LogP contribution in [0, 0.1) is 0 Å². The van der Waals surface area contributed by atoms with Crippen molar-refractivity contribution in [2.24, 2.45) is 0 Å². The third kappa shape index (κ3) is 4.34. The van der Waals surface area contributed by atoms with Gasteiger partial charge in [0.05, 0.1) is 17.9 Å². The molecule has 0 saturated carbocycles. The second-order valence-corrected chi connectivity index (χ2v) is 8.48. The van der Waals surface area contributed by atoms with E-state index in [-0.39, 0.29) is 33.2 Å². The highest BCUT2D eigenvalue weighted by molar-refractivity contribution is 8.01. The summed E-state index contributed by atoms with van der Waals surface area (Å²) in [7, 11) is -2.82. The van der Waals surface area contributed by atoms with E-state index < -0.39 is 27.5 Å². The molecule has 1 aromatic rings. The second kappa shape index (κ2) is 6.91. The van der Waals surface area contributed by atoms with E-state index in [4.69, 9.17) is 0 Å². The SMILES string of the molecule is COC(=O)[C@H]1CSCN1S(=O)(=O)c1ccc(SC(F)(F)F)cc1. The number of sulfonamides is 1. The zero-order chi connectivity index (χ0) is 17.3. The summed E-state index contributed by atoms with van der Waals surface area (Å²) in [5.41, 5.74) is -4.44. The van der Waals surface area contributed by atoms with E-state index in [1.807, 2.05) is 0 Å². The molecule has 11 heteroatoms. The van der Waals surface area contributed by atoms with E-state index >= 15 is 0 Å². The lowest BCUT2D eigenvalue weighted by molar-refractivity contribution is -0.143. The van der Waals surface area contributed by atoms with Gasteiger partial charge in [0.2, 0.25) is 10.0 Å². The van der Waals surface area contributed by atoms with E-state index in [0.717, 1.165) is 28.6 Å². The van der Waals surface area contributed by atoms with Crippen LogP contribution < -0.4 is 0 Å². The molecule has 0 amide bonds. The molecule has 0 aliphatic carbocycles. The van der Waals surface area contributed by atoms with Gasteiger partial charge in [-0.3, -0.25) is 4.79 Å². The summed E-state index contributed by atoms with van der Waals surface area (Å²) in [5, 5.41) is 0. The Morgan fingerprint density at radius 2 is 1.96 bits per heavy atom. The standard InChI is InChI=1S/C12H12F3NO4S3/c1-20-11(17)10-6-21-7-16(10)23(18,19)9-4-2-8(3-5-9)22-12(13,14)15/h2-5,10H,6-7H2,1H3/t10-/m1/s1. The number of rotatable bonds is 4. The van der Waals surface area contributed by atoms with Crippen LogP contribution in [0.3, 0.4) is 0 Å². The quantitative estimate of drug-likeness (QED) is 0.584. The summed E-state index contributed by atoms with van der Waals surface area (Å²) in [6.07, 6.45) is 0. The lowest BCUT2D eigenvalue weighted by Crippen LogP contribution is -2.42. The van der Waals surface area contributed by atoms with Crippen molar-refractivity contribution in [2.45, 2.75) is 21.3 Å². The van der Waals surface area contributed by atoms with Crippen molar-refractivity contribution in [1.82, 2.24) is 4.31 Å². The van der Waals surface area contributed by atoms with Crippen molar-refractivity contribution in [3.63, 3.8) is 0 Å². The molecule has 1 atom stereocenters. The van der Waals surface area contributed by atoms with Gasteiger partial charge in [-0.15, -0.1) is 11.8 Å². The number of carbonyl (C=O) groups is 1. The number of carbonyl (C=O) groups excluding carboxylic acids is 1. The highest BCUT2D eigenvalue weighted by atomic mass is 32.2. The number of esters is 1. The Bertz CT molecular complexity index is 676. The van der Waals surface area contributed by atoms with Gasteiger partial charge in [0, 0.05) is 10.6 Å². The summed E-state index contributed by atoms with van der Waals surface area (Å²) in [4.78, 5) is 11.4. The molecule has 1 aromatic carbocycles. The minimum Gasteiger partial charge on any atom is -0.468 e. The number of ether oxygens (including phenoxy) is 1. The largest absolute Gasteiger partial charge is 0.468 e. The molecule has 1 saturated heterocycles. The predicted molar refractivity (Wildman–Crippen MR) is 80.5 cm³/mol. The average molecular weight is 387 g/mol. The number of benzene rings is 1. The summed E-state index contributed by atoms with van der Waals surface area (Å²) >= 11 is 0.934. The number of nitrogens with zero attached hydrogens (tertiary/aromatic N) is 1. The van der Waals surface area contributed by atoms with Gasteiger partial charge in [-0.1, -0.05) is 0 Å². The molecule has 0 aromatic heterocycles. The van der Waals surface area contributed by atoms with Gasteiger partial charge < -0.3 is 4.74 Å². The monoisotopic (exact) mass is 387 g/mol. The molecule has 0 radical (unpaired) electrons. The van der Waals surface area contributed by atoms with Gasteiger partial charge in [-0.2, -0.15) is 17.5 Å². The Kier molecular flexibility index (Phi) is 5.54. The zero-order valence-electron chi connectivity index (χ0n) is 11.7. The maximum absolute atomic E-state index is 12.5. The third-order valence-corrected chi connectivity index (χ3v) is 6.76. The van der Waals surface area contributed by atoms with Gasteiger partial charge >= 0.3 is 11.5 Å². The third-order valence-electron chi connectivity index (χ3n) is 2.98. The second-order valence-electron chi connectivity index (χ2n) is 4.45. The van der Waals surface area contributed by atoms with Crippen molar-refractivity contribution >= 4 is 39.5 Å². The molecule has 23 heavy (non-hydrogen) atoms. The number of hydrogen-bond acceptors (Lipinski definition) is 6. The highest BCUT2D eigenvalue weighted by Gasteiger charge is 2.40. The number of halogens is 3. The fourth-order valence-electron chi connectivity index (χ4n) is 1.93. The van der Waals surface area contributed by atoms with Crippen molar-refractivity contribution in [2.75, 3.05) is 18.7 Å². The number of hydrogen-bond donors (Lipinski definition) is 0. The first kappa shape index (κ1) is 18.4. The first-order valence-corrected chi connectivity index (χ1v) is 9.59. The smallest absolute Gasteiger partial charge is 0.446 e. The van der Waals surface area contributed by atoms with Crippen LogP contribution in [0.5, 0.6) is 0 Å². The number of alkyl halides is 3. The molecule has 1 fully saturated rings. The number of thioether (sulfide) groups is 2. The minimum absolute atomic E-state index is 0.0845. The fraction of sp³-hybridized carbons (Fsp3) is 0.417.